The third-order valence-corrected chi connectivity index (χ3v) is 7.32. The minimum Gasteiger partial charge on any atom is -0.289 e. The Hall–Kier alpha value is -4.57. The summed E-state index contributed by atoms with van der Waals surface area (Å²) in [4.78, 5) is 38.5. The molecule has 8 rings (SSSR count). The van der Waals surface area contributed by atoms with Crippen molar-refractivity contribution in [1.29, 1.82) is 0 Å². The fourth-order valence-corrected chi connectivity index (χ4v) is 5.98. The van der Waals surface area contributed by atoms with Crippen LogP contribution in [0.4, 0.5) is 0 Å². The zero-order valence-corrected chi connectivity index (χ0v) is 17.2. The lowest BCUT2D eigenvalue weighted by molar-refractivity contribution is 0.0844. The zero-order chi connectivity index (χ0) is 22.0. The summed E-state index contributed by atoms with van der Waals surface area (Å²) in [5.41, 5.74) is 4.49. The number of hydrogen-bond donors (Lipinski definition) is 1. The molecule has 0 fully saturated rings. The number of hydrogen-bond acceptors (Lipinski definition) is 3. The number of fused-ring (bicyclic) bond motifs is 4. The van der Waals surface area contributed by atoms with E-state index >= 15 is 0 Å². The normalized spacial score (nSPS) is 14.5. The molecule has 33 heavy (non-hydrogen) atoms. The zero-order valence-electron chi connectivity index (χ0n) is 17.2. The maximum absolute atomic E-state index is 13.4. The van der Waals surface area contributed by atoms with Gasteiger partial charge < -0.3 is 0 Å². The maximum atomic E-state index is 13.4. The minimum absolute atomic E-state index is 0.0418. The number of ketones is 1. The molecule has 0 atom stereocenters. The van der Waals surface area contributed by atoms with Crippen LogP contribution < -0.4 is 5.32 Å². The molecule has 0 spiro atoms. The van der Waals surface area contributed by atoms with Crippen molar-refractivity contribution < 1.29 is 14.4 Å². The Bertz CT molecular complexity index is 1880. The van der Waals surface area contributed by atoms with Crippen molar-refractivity contribution in [1.82, 2.24) is 5.32 Å². The molecule has 1 aliphatic carbocycles. The monoisotopic (exact) mass is 423 g/mol. The molecule has 0 bridgehead atoms. The maximum Gasteiger partial charge on any atom is 0.258 e. The van der Waals surface area contributed by atoms with Crippen LogP contribution in [0.2, 0.25) is 0 Å². The quantitative estimate of drug-likeness (QED) is 0.190. The third kappa shape index (κ3) is 1.83. The Morgan fingerprint density at radius 3 is 1.42 bits per heavy atom. The van der Waals surface area contributed by atoms with Crippen LogP contribution in [0.3, 0.4) is 0 Å². The van der Waals surface area contributed by atoms with Gasteiger partial charge in [-0.25, -0.2) is 0 Å². The van der Waals surface area contributed by atoms with Gasteiger partial charge in [0.2, 0.25) is 0 Å². The second-order valence-corrected chi connectivity index (χ2v) is 8.80. The molecule has 1 aliphatic heterocycles. The molecule has 0 saturated heterocycles. The fraction of sp³-hybridized carbons (Fsp3) is 0. The van der Waals surface area contributed by atoms with E-state index in [1.54, 1.807) is 12.1 Å². The number of amides is 2. The predicted molar refractivity (Wildman–Crippen MR) is 128 cm³/mol. The van der Waals surface area contributed by atoms with E-state index in [4.69, 9.17) is 0 Å². The van der Waals surface area contributed by atoms with Gasteiger partial charge in [0.25, 0.3) is 11.8 Å². The van der Waals surface area contributed by atoms with E-state index in [0.29, 0.717) is 22.1 Å². The fourth-order valence-electron chi connectivity index (χ4n) is 5.98. The van der Waals surface area contributed by atoms with Gasteiger partial charge in [0.1, 0.15) is 0 Å². The number of imide groups is 1. The van der Waals surface area contributed by atoms with Crippen LogP contribution in [0.25, 0.3) is 54.2 Å². The van der Waals surface area contributed by atoms with E-state index < -0.39 is 0 Å². The smallest absolute Gasteiger partial charge is 0.258 e. The van der Waals surface area contributed by atoms with Gasteiger partial charge in [-0.3, -0.25) is 19.7 Å². The van der Waals surface area contributed by atoms with Crippen LogP contribution in [-0.4, -0.2) is 17.6 Å². The summed E-state index contributed by atoms with van der Waals surface area (Å²) in [6.45, 7) is 0. The minimum atomic E-state index is -0.366. The van der Waals surface area contributed by atoms with E-state index in [9.17, 15) is 14.4 Å². The van der Waals surface area contributed by atoms with E-state index in [0.717, 1.165) is 54.4 Å². The summed E-state index contributed by atoms with van der Waals surface area (Å²) in [5.74, 6) is -0.691. The van der Waals surface area contributed by atoms with Crippen molar-refractivity contribution in [2.75, 3.05) is 0 Å². The first-order chi connectivity index (χ1) is 16.1. The Balaban J connectivity index is 1.66. The molecule has 0 aromatic heterocycles. The van der Waals surface area contributed by atoms with Crippen LogP contribution in [0.5, 0.6) is 0 Å². The summed E-state index contributed by atoms with van der Waals surface area (Å²) in [7, 11) is 0. The summed E-state index contributed by atoms with van der Waals surface area (Å²) in [6, 6.07) is 23.4. The van der Waals surface area contributed by atoms with Crippen LogP contribution in [-0.2, 0) is 0 Å². The number of rotatable bonds is 0. The highest BCUT2D eigenvalue weighted by atomic mass is 16.2. The first-order valence-corrected chi connectivity index (χ1v) is 10.8. The van der Waals surface area contributed by atoms with E-state index in [1.165, 1.54) is 0 Å². The number of nitrogens with one attached hydrogen (secondary N) is 1. The van der Waals surface area contributed by atoms with Crippen molar-refractivity contribution in [3.8, 4) is 11.1 Å². The second-order valence-electron chi connectivity index (χ2n) is 8.80. The van der Waals surface area contributed by atoms with E-state index in [1.807, 2.05) is 48.5 Å². The van der Waals surface area contributed by atoms with E-state index in [-0.39, 0.29) is 17.6 Å². The van der Waals surface area contributed by atoms with Gasteiger partial charge in [0.05, 0.1) is 0 Å². The van der Waals surface area contributed by atoms with Crippen LogP contribution in [0.15, 0.2) is 72.8 Å². The molecule has 152 valence electrons. The van der Waals surface area contributed by atoms with Gasteiger partial charge in [-0.1, -0.05) is 54.6 Å². The number of benzene rings is 6. The topological polar surface area (TPSA) is 63.2 Å². The second kappa shape index (κ2) is 5.43. The van der Waals surface area contributed by atoms with Crippen molar-refractivity contribution in [3.63, 3.8) is 0 Å². The molecule has 4 nitrogen and oxygen atoms in total. The lowest BCUT2D eigenvalue weighted by Gasteiger charge is -2.24. The van der Waals surface area contributed by atoms with Gasteiger partial charge in [0, 0.05) is 33.0 Å². The average molecular weight is 423 g/mol. The van der Waals surface area contributed by atoms with Crippen molar-refractivity contribution in [2.45, 2.75) is 0 Å². The summed E-state index contributed by atoms with van der Waals surface area (Å²) >= 11 is 0. The molecule has 0 saturated carbocycles. The highest BCUT2D eigenvalue weighted by Crippen LogP contribution is 2.48. The molecule has 1 N–H and O–H groups in total. The van der Waals surface area contributed by atoms with Crippen molar-refractivity contribution >= 4 is 60.7 Å². The van der Waals surface area contributed by atoms with Crippen molar-refractivity contribution in [3.05, 3.63) is 95.1 Å². The molecule has 1 heterocycles. The molecular formula is C29H13NO3. The van der Waals surface area contributed by atoms with Crippen LogP contribution in [0, 0.1) is 0 Å². The molecule has 0 unspecified atom stereocenters. The largest absolute Gasteiger partial charge is 0.289 e. The summed E-state index contributed by atoms with van der Waals surface area (Å²) in [6.07, 6.45) is 0. The Morgan fingerprint density at radius 1 is 0.394 bits per heavy atom. The average Bonchev–Trinajstić information content (AvgIpc) is 2.85. The highest BCUT2D eigenvalue weighted by Gasteiger charge is 2.30. The highest BCUT2D eigenvalue weighted by molar-refractivity contribution is 6.41. The first kappa shape index (κ1) is 17.0. The van der Waals surface area contributed by atoms with Crippen LogP contribution >= 0.6 is 0 Å². The van der Waals surface area contributed by atoms with E-state index in [2.05, 4.69) is 17.4 Å². The Kier molecular flexibility index (Phi) is 2.80. The van der Waals surface area contributed by atoms with Gasteiger partial charge in [-0.15, -0.1) is 0 Å². The third-order valence-electron chi connectivity index (χ3n) is 7.32. The lowest BCUT2D eigenvalue weighted by Crippen LogP contribution is -2.34. The summed E-state index contributed by atoms with van der Waals surface area (Å²) in [5, 5.41) is 10.1. The van der Waals surface area contributed by atoms with Gasteiger partial charge >= 0.3 is 0 Å². The predicted octanol–water partition coefficient (Wildman–Crippen LogP) is 5.83. The SMILES string of the molecule is O=C1NC(=O)c2ccc3c4ccc5c6c(ccc(c7ccc1c2c73)c64)C(=O)c1ccccc1-5. The molecule has 2 amide bonds. The molecule has 2 aliphatic rings. The Morgan fingerprint density at radius 2 is 0.848 bits per heavy atom. The number of carbonyl (C=O) groups excluding carboxylic acids is 3. The van der Waals surface area contributed by atoms with Crippen LogP contribution in [0.1, 0.15) is 36.6 Å². The molecular weight excluding hydrogens is 410 g/mol. The number of carbonyl (C=O) groups is 3. The van der Waals surface area contributed by atoms with Gasteiger partial charge in [0.15, 0.2) is 5.78 Å². The molecule has 6 aromatic rings. The van der Waals surface area contributed by atoms with Crippen molar-refractivity contribution in [2.24, 2.45) is 0 Å². The standard InChI is InChI=1S/C29H13NO3/c31-27-19-4-2-1-3-13(19)14-5-6-15-17-8-11-21-26-22(29(33)30-28(21)32)12-9-18(24(17)26)16-7-10-20(27)25(14)23(15)16/h1-12H,(H,30,32,33). The molecule has 6 aromatic carbocycles. The first-order valence-electron chi connectivity index (χ1n) is 10.8. The lowest BCUT2D eigenvalue weighted by atomic mass is 9.78. The summed E-state index contributed by atoms with van der Waals surface area (Å²) < 4.78 is 0. The van der Waals surface area contributed by atoms with Gasteiger partial charge in [-0.05, 0) is 61.6 Å². The molecule has 0 radical (unpaired) electrons. The Labute approximate surface area is 186 Å². The molecule has 4 heteroatoms. The van der Waals surface area contributed by atoms with Gasteiger partial charge in [-0.2, -0.15) is 0 Å².